The molecule has 3 aliphatic rings. The number of halogens is 1. The van der Waals surface area contributed by atoms with Crippen LogP contribution in [0.15, 0.2) is 48.5 Å². The van der Waals surface area contributed by atoms with Gasteiger partial charge in [0, 0.05) is 32.6 Å². The average Bonchev–Trinajstić information content (AvgIpc) is 3.02. The van der Waals surface area contributed by atoms with Gasteiger partial charge in [0.25, 0.3) is 0 Å². The second-order valence-corrected chi connectivity index (χ2v) is 12.4. The van der Waals surface area contributed by atoms with Crippen molar-refractivity contribution >= 4 is 30.2 Å². The number of hydrogen-bond donors (Lipinski definition) is 2. The fourth-order valence-electron chi connectivity index (χ4n) is 6.86. The minimum Gasteiger partial charge on any atom is -0.465 e. The maximum atomic E-state index is 13.8. The van der Waals surface area contributed by atoms with E-state index in [-0.39, 0.29) is 30.2 Å². The molecule has 44 heavy (non-hydrogen) atoms. The van der Waals surface area contributed by atoms with Crippen LogP contribution in [0.4, 0.5) is 0 Å². The lowest BCUT2D eigenvalue weighted by Gasteiger charge is -2.52. The Morgan fingerprint density at radius 1 is 0.955 bits per heavy atom. The molecule has 9 nitrogen and oxygen atoms in total. The Morgan fingerprint density at radius 3 is 2.16 bits per heavy atom. The maximum Gasteiger partial charge on any atom is 0.337 e. The van der Waals surface area contributed by atoms with Gasteiger partial charge in [-0.25, -0.2) is 4.79 Å². The molecular weight excluding hydrogens is 582 g/mol. The number of rotatable bonds is 10. The molecule has 3 fully saturated rings. The van der Waals surface area contributed by atoms with Crippen LogP contribution in [-0.2, 0) is 20.9 Å². The van der Waals surface area contributed by atoms with Gasteiger partial charge in [-0.2, -0.15) is 0 Å². The highest BCUT2D eigenvalue weighted by Crippen LogP contribution is 2.37. The van der Waals surface area contributed by atoms with Crippen LogP contribution >= 0.6 is 12.4 Å². The van der Waals surface area contributed by atoms with Crippen molar-refractivity contribution in [2.45, 2.75) is 94.9 Å². The highest BCUT2D eigenvalue weighted by Gasteiger charge is 2.54. The first-order valence-corrected chi connectivity index (χ1v) is 15.8. The number of carbonyl (C=O) groups excluding carboxylic acids is 3. The molecule has 0 aromatic heterocycles. The van der Waals surface area contributed by atoms with E-state index in [0.717, 1.165) is 44.2 Å². The molecule has 1 spiro atoms. The van der Waals surface area contributed by atoms with Gasteiger partial charge in [-0.3, -0.25) is 14.5 Å². The first-order chi connectivity index (χ1) is 20.7. The summed E-state index contributed by atoms with van der Waals surface area (Å²) in [5.74, 6) is 0.847. The maximum absolute atomic E-state index is 13.8. The SMILES string of the molecule is CCCCN1C(=O)[C@@H](CC2(O)CCCCC2)NC(=O)C12CCN(Cc1ccc(Oc3ccc(C(=O)OC)cc3)cc1)CC2.Cl. The van der Waals surface area contributed by atoms with Gasteiger partial charge in [0.2, 0.25) is 11.8 Å². The van der Waals surface area contributed by atoms with Crippen molar-refractivity contribution in [1.82, 2.24) is 15.1 Å². The molecule has 5 rings (SSSR count). The number of nitrogens with zero attached hydrogens (tertiary/aromatic N) is 2. The van der Waals surface area contributed by atoms with Crippen LogP contribution in [0.3, 0.4) is 0 Å². The predicted molar refractivity (Wildman–Crippen MR) is 170 cm³/mol. The Kier molecular flexibility index (Phi) is 11.3. The molecule has 2 N–H and O–H groups in total. The molecule has 2 heterocycles. The van der Waals surface area contributed by atoms with E-state index in [9.17, 15) is 19.5 Å². The van der Waals surface area contributed by atoms with E-state index in [1.165, 1.54) is 7.11 Å². The number of nitrogens with one attached hydrogen (secondary N) is 1. The molecule has 2 amide bonds. The summed E-state index contributed by atoms with van der Waals surface area (Å²) >= 11 is 0. The fraction of sp³-hybridized carbons (Fsp3) is 0.559. The first kappa shape index (κ1) is 33.7. The first-order valence-electron chi connectivity index (χ1n) is 15.8. The zero-order chi connectivity index (χ0) is 30.5. The molecule has 0 radical (unpaired) electrons. The van der Waals surface area contributed by atoms with E-state index in [4.69, 9.17) is 9.47 Å². The number of esters is 1. The van der Waals surface area contributed by atoms with Crippen molar-refractivity contribution in [3.05, 3.63) is 59.7 Å². The number of likely N-dealkylation sites (tertiary alicyclic amines) is 1. The molecule has 1 atom stereocenters. The van der Waals surface area contributed by atoms with Gasteiger partial charge in [-0.1, -0.05) is 44.7 Å². The summed E-state index contributed by atoms with van der Waals surface area (Å²) < 4.78 is 10.7. The summed E-state index contributed by atoms with van der Waals surface area (Å²) in [7, 11) is 1.35. The van der Waals surface area contributed by atoms with Crippen molar-refractivity contribution in [2.75, 3.05) is 26.7 Å². The van der Waals surface area contributed by atoms with Crippen LogP contribution in [0.5, 0.6) is 11.5 Å². The van der Waals surface area contributed by atoms with Gasteiger partial charge >= 0.3 is 5.97 Å². The number of ether oxygens (including phenoxy) is 2. The van der Waals surface area contributed by atoms with Crippen molar-refractivity contribution in [2.24, 2.45) is 0 Å². The average molecular weight is 628 g/mol. The second kappa shape index (κ2) is 14.8. The lowest BCUT2D eigenvalue weighted by atomic mass is 9.77. The largest absolute Gasteiger partial charge is 0.465 e. The van der Waals surface area contributed by atoms with E-state index >= 15 is 0 Å². The molecule has 0 unspecified atom stereocenters. The van der Waals surface area contributed by atoms with Crippen LogP contribution in [0, 0.1) is 0 Å². The van der Waals surface area contributed by atoms with Gasteiger partial charge in [0.05, 0.1) is 18.3 Å². The molecule has 1 aliphatic carbocycles. The van der Waals surface area contributed by atoms with E-state index in [0.29, 0.717) is 68.8 Å². The molecule has 240 valence electrons. The highest BCUT2D eigenvalue weighted by molar-refractivity contribution is 6.00. The van der Waals surface area contributed by atoms with E-state index in [2.05, 4.69) is 17.1 Å². The number of methoxy groups -OCH3 is 1. The Balaban J connectivity index is 0.00000442. The number of piperidine rings is 1. The number of aliphatic hydroxyl groups is 1. The van der Waals surface area contributed by atoms with Crippen LogP contribution in [0.25, 0.3) is 0 Å². The Labute approximate surface area is 266 Å². The van der Waals surface area contributed by atoms with Crippen LogP contribution in [-0.4, -0.2) is 76.6 Å². The third kappa shape index (κ3) is 7.56. The molecule has 2 saturated heterocycles. The summed E-state index contributed by atoms with van der Waals surface area (Å²) in [5, 5.41) is 14.2. The van der Waals surface area contributed by atoms with Crippen molar-refractivity contribution in [3.63, 3.8) is 0 Å². The predicted octanol–water partition coefficient (Wildman–Crippen LogP) is 5.23. The Morgan fingerprint density at radius 2 is 1.57 bits per heavy atom. The summed E-state index contributed by atoms with van der Waals surface area (Å²) in [6.07, 6.45) is 7.72. The highest BCUT2D eigenvalue weighted by atomic mass is 35.5. The number of hydrogen-bond acceptors (Lipinski definition) is 7. The van der Waals surface area contributed by atoms with Crippen LogP contribution < -0.4 is 10.1 Å². The van der Waals surface area contributed by atoms with Crippen LogP contribution in [0.1, 0.15) is 87.1 Å². The standard InChI is InChI=1S/C34H45N3O6.ClH/c1-3-4-20-37-30(38)29(23-33(41)16-6-5-7-17-33)35-32(40)34(37)18-21-36(22-19-34)24-25-8-12-27(13-9-25)43-28-14-10-26(11-15-28)31(39)42-2;/h8-15,29,41H,3-7,16-24H2,1-2H3,(H,35,40);1H/t29-;/m1./s1. The lowest BCUT2D eigenvalue weighted by Crippen LogP contribution is -2.73. The topological polar surface area (TPSA) is 108 Å². The molecule has 2 aromatic carbocycles. The quantitative estimate of drug-likeness (QED) is 0.347. The van der Waals surface area contributed by atoms with E-state index < -0.39 is 17.2 Å². The monoisotopic (exact) mass is 627 g/mol. The number of unbranched alkanes of at least 4 members (excludes halogenated alkanes) is 1. The molecule has 2 aliphatic heterocycles. The second-order valence-electron chi connectivity index (χ2n) is 12.4. The molecule has 0 bridgehead atoms. The third-order valence-electron chi connectivity index (χ3n) is 9.44. The zero-order valence-electron chi connectivity index (χ0n) is 25.9. The molecule has 10 heteroatoms. The Hall–Kier alpha value is -3.14. The van der Waals surface area contributed by atoms with Crippen molar-refractivity contribution < 1.29 is 29.0 Å². The van der Waals surface area contributed by atoms with Gasteiger partial charge in [0.1, 0.15) is 23.1 Å². The molecule has 2 aromatic rings. The number of benzene rings is 2. The fourth-order valence-corrected chi connectivity index (χ4v) is 6.86. The van der Waals surface area contributed by atoms with E-state index in [1.807, 2.05) is 29.2 Å². The van der Waals surface area contributed by atoms with Gasteiger partial charge < -0.3 is 24.8 Å². The van der Waals surface area contributed by atoms with E-state index in [1.54, 1.807) is 24.3 Å². The van der Waals surface area contributed by atoms with Gasteiger partial charge in [-0.15, -0.1) is 12.4 Å². The zero-order valence-corrected chi connectivity index (χ0v) is 26.7. The van der Waals surface area contributed by atoms with Gasteiger partial charge in [0.15, 0.2) is 0 Å². The summed E-state index contributed by atoms with van der Waals surface area (Å²) in [6, 6.07) is 14.1. The lowest BCUT2D eigenvalue weighted by molar-refractivity contribution is -0.163. The number of piperazine rings is 1. The van der Waals surface area contributed by atoms with Gasteiger partial charge in [-0.05, 0) is 74.1 Å². The number of amides is 2. The Bertz CT molecular complexity index is 1270. The summed E-state index contributed by atoms with van der Waals surface area (Å²) in [4.78, 5) is 43.4. The molecule has 1 saturated carbocycles. The van der Waals surface area contributed by atoms with Crippen molar-refractivity contribution in [1.29, 1.82) is 0 Å². The van der Waals surface area contributed by atoms with Crippen LogP contribution in [0.2, 0.25) is 0 Å². The third-order valence-corrected chi connectivity index (χ3v) is 9.44. The smallest absolute Gasteiger partial charge is 0.337 e. The number of carbonyl (C=O) groups is 3. The summed E-state index contributed by atoms with van der Waals surface area (Å²) in [6.45, 7) is 4.84. The van der Waals surface area contributed by atoms with Crippen molar-refractivity contribution in [3.8, 4) is 11.5 Å². The normalized spacial score (nSPS) is 21.3. The minimum atomic E-state index is -0.869. The molecular formula is C34H46ClN3O6. The summed E-state index contributed by atoms with van der Waals surface area (Å²) in [5.41, 5.74) is -0.0893. The minimum absolute atomic E-state index is 0.